The van der Waals surface area contributed by atoms with Crippen molar-refractivity contribution in [2.24, 2.45) is 0 Å². The van der Waals surface area contributed by atoms with Gasteiger partial charge in [-0.05, 0) is 49.9 Å². The first-order chi connectivity index (χ1) is 13.6. The van der Waals surface area contributed by atoms with Crippen LogP contribution >= 0.6 is 0 Å². The Morgan fingerprint density at radius 2 is 1.93 bits per heavy atom. The van der Waals surface area contributed by atoms with Crippen LogP contribution in [0, 0.1) is 18.3 Å². The van der Waals surface area contributed by atoms with Gasteiger partial charge < -0.3 is 14.8 Å². The lowest BCUT2D eigenvalue weighted by Gasteiger charge is -2.36. The second-order valence-electron chi connectivity index (χ2n) is 7.19. The fourth-order valence-corrected chi connectivity index (χ4v) is 3.52. The number of amides is 1. The van der Waals surface area contributed by atoms with E-state index in [2.05, 4.69) is 11.4 Å². The van der Waals surface area contributed by atoms with Crippen molar-refractivity contribution < 1.29 is 14.3 Å². The smallest absolute Gasteiger partial charge is 0.235 e. The van der Waals surface area contributed by atoms with Crippen molar-refractivity contribution >= 4 is 11.6 Å². The molecule has 1 amide bonds. The average Bonchev–Trinajstić information content (AvgIpc) is 2.73. The first kappa shape index (κ1) is 19.9. The van der Waals surface area contributed by atoms with E-state index in [0.29, 0.717) is 49.7 Å². The van der Waals surface area contributed by atoms with Crippen LogP contribution < -0.4 is 10.1 Å². The molecule has 0 bridgehead atoms. The van der Waals surface area contributed by atoms with Crippen molar-refractivity contribution in [2.75, 3.05) is 25.1 Å². The number of carbonyl (C=O) groups is 1. The number of nitrogens with zero attached hydrogens (tertiary/aromatic N) is 1. The zero-order valence-corrected chi connectivity index (χ0v) is 16.5. The number of hydrogen-bond acceptors (Lipinski definition) is 4. The summed E-state index contributed by atoms with van der Waals surface area (Å²) >= 11 is 0. The number of rotatable bonds is 6. The van der Waals surface area contributed by atoms with E-state index in [9.17, 15) is 10.1 Å². The summed E-state index contributed by atoms with van der Waals surface area (Å²) in [5.74, 6) is 0.479. The van der Waals surface area contributed by atoms with Crippen molar-refractivity contribution in [3.63, 3.8) is 0 Å². The van der Waals surface area contributed by atoms with Crippen LogP contribution in [0.3, 0.4) is 0 Å². The predicted octanol–water partition coefficient (Wildman–Crippen LogP) is 4.34. The molecule has 0 spiro atoms. The molecule has 1 aliphatic heterocycles. The summed E-state index contributed by atoms with van der Waals surface area (Å²) in [5.41, 5.74) is 2.55. The van der Waals surface area contributed by atoms with E-state index in [4.69, 9.17) is 9.47 Å². The Morgan fingerprint density at radius 3 is 2.57 bits per heavy atom. The number of aryl methyl sites for hydroxylation is 1. The van der Waals surface area contributed by atoms with E-state index >= 15 is 0 Å². The van der Waals surface area contributed by atoms with Gasteiger partial charge in [0.15, 0.2) is 0 Å². The van der Waals surface area contributed by atoms with Crippen LogP contribution in [0.1, 0.15) is 42.9 Å². The Kier molecular flexibility index (Phi) is 6.33. The molecule has 0 saturated carbocycles. The maximum Gasteiger partial charge on any atom is 0.235 e. The summed E-state index contributed by atoms with van der Waals surface area (Å²) < 4.78 is 11.1. The molecule has 0 radical (unpaired) electrons. The molecule has 146 valence electrons. The van der Waals surface area contributed by atoms with Gasteiger partial charge in [0.05, 0.1) is 17.6 Å². The zero-order chi connectivity index (χ0) is 20.0. The van der Waals surface area contributed by atoms with E-state index in [-0.39, 0.29) is 5.91 Å². The predicted molar refractivity (Wildman–Crippen MR) is 108 cm³/mol. The Labute approximate surface area is 166 Å². The summed E-state index contributed by atoms with van der Waals surface area (Å²) in [4.78, 5) is 13.4. The molecule has 0 atom stereocenters. The highest BCUT2D eigenvalue weighted by Crippen LogP contribution is 2.36. The van der Waals surface area contributed by atoms with Crippen molar-refractivity contribution in [2.45, 2.75) is 38.5 Å². The normalized spacial score (nSPS) is 15.5. The topological polar surface area (TPSA) is 71.3 Å². The highest BCUT2D eigenvalue weighted by molar-refractivity contribution is 5.99. The molecule has 5 heteroatoms. The lowest BCUT2D eigenvalue weighted by Crippen LogP contribution is -2.44. The highest BCUT2D eigenvalue weighted by atomic mass is 16.5. The minimum atomic E-state index is -0.629. The second-order valence-corrected chi connectivity index (χ2v) is 7.19. The summed E-state index contributed by atoms with van der Waals surface area (Å²) in [6, 6.07) is 15.5. The highest BCUT2D eigenvalue weighted by Gasteiger charge is 2.41. The number of benzene rings is 2. The first-order valence-corrected chi connectivity index (χ1v) is 9.72. The molecule has 1 N–H and O–H groups in total. The fourth-order valence-electron chi connectivity index (χ4n) is 3.52. The zero-order valence-electron chi connectivity index (χ0n) is 16.5. The molecular weight excluding hydrogens is 352 g/mol. The Bertz CT molecular complexity index is 862. The van der Waals surface area contributed by atoms with E-state index in [1.807, 2.05) is 38.1 Å². The average molecular weight is 378 g/mol. The van der Waals surface area contributed by atoms with Gasteiger partial charge in [-0.3, -0.25) is 4.79 Å². The number of carbonyl (C=O) groups excluding carboxylic acids is 1. The number of anilines is 1. The van der Waals surface area contributed by atoms with Gasteiger partial charge in [-0.25, -0.2) is 0 Å². The van der Waals surface area contributed by atoms with Crippen LogP contribution in [0.2, 0.25) is 0 Å². The number of ether oxygens (including phenoxy) is 2. The Morgan fingerprint density at radius 1 is 1.21 bits per heavy atom. The maximum absolute atomic E-state index is 13.4. The monoisotopic (exact) mass is 378 g/mol. The van der Waals surface area contributed by atoms with Gasteiger partial charge in [-0.2, -0.15) is 5.26 Å². The lowest BCUT2D eigenvalue weighted by molar-refractivity contribution is -0.125. The summed E-state index contributed by atoms with van der Waals surface area (Å²) in [7, 11) is 0. The van der Waals surface area contributed by atoms with Crippen LogP contribution in [0.4, 0.5) is 5.69 Å². The van der Waals surface area contributed by atoms with Gasteiger partial charge >= 0.3 is 0 Å². The standard InChI is InChI=1S/C23H26N2O3/c1-3-12-28-21-9-8-20(15-18(21)16-24)25-22(26)23(10-13-27-14-11-23)19-6-4-17(2)5-7-19/h4-9,15H,3,10-14H2,1-2H3,(H,25,26). The Hall–Kier alpha value is -2.84. The summed E-state index contributed by atoms with van der Waals surface area (Å²) in [5, 5.41) is 12.4. The largest absolute Gasteiger partial charge is 0.492 e. The van der Waals surface area contributed by atoms with Crippen molar-refractivity contribution in [3.05, 3.63) is 59.2 Å². The van der Waals surface area contributed by atoms with Crippen LogP contribution in [-0.4, -0.2) is 25.7 Å². The minimum Gasteiger partial charge on any atom is -0.492 e. The molecular formula is C23H26N2O3. The third kappa shape index (κ3) is 4.18. The van der Waals surface area contributed by atoms with Gasteiger partial charge in [0.1, 0.15) is 11.8 Å². The number of hydrogen-bond donors (Lipinski definition) is 1. The van der Waals surface area contributed by atoms with E-state index in [1.165, 1.54) is 0 Å². The van der Waals surface area contributed by atoms with E-state index < -0.39 is 5.41 Å². The first-order valence-electron chi connectivity index (χ1n) is 9.72. The molecule has 1 aliphatic rings. The molecule has 0 aliphatic carbocycles. The quantitative estimate of drug-likeness (QED) is 0.811. The summed E-state index contributed by atoms with van der Waals surface area (Å²) in [6.45, 7) is 5.70. The van der Waals surface area contributed by atoms with Gasteiger partial charge in [0.25, 0.3) is 0 Å². The lowest BCUT2D eigenvalue weighted by atomic mass is 9.73. The Balaban J connectivity index is 1.86. The maximum atomic E-state index is 13.4. The van der Waals surface area contributed by atoms with Gasteiger partial charge in [-0.15, -0.1) is 0 Å². The van der Waals surface area contributed by atoms with E-state index in [1.54, 1.807) is 18.2 Å². The fraction of sp³-hybridized carbons (Fsp3) is 0.391. The van der Waals surface area contributed by atoms with Crippen molar-refractivity contribution in [3.8, 4) is 11.8 Å². The molecule has 2 aromatic carbocycles. The van der Waals surface area contributed by atoms with Crippen LogP contribution in [-0.2, 0) is 14.9 Å². The third-order valence-electron chi connectivity index (χ3n) is 5.20. The number of nitrogens with one attached hydrogen (secondary N) is 1. The third-order valence-corrected chi connectivity index (χ3v) is 5.20. The van der Waals surface area contributed by atoms with Gasteiger partial charge in [-0.1, -0.05) is 36.8 Å². The van der Waals surface area contributed by atoms with Crippen molar-refractivity contribution in [1.82, 2.24) is 0 Å². The summed E-state index contributed by atoms with van der Waals surface area (Å²) in [6.07, 6.45) is 2.12. The molecule has 3 rings (SSSR count). The van der Waals surface area contributed by atoms with E-state index in [0.717, 1.165) is 17.5 Å². The van der Waals surface area contributed by atoms with Crippen LogP contribution in [0.5, 0.6) is 5.75 Å². The van der Waals surface area contributed by atoms with Gasteiger partial charge in [0, 0.05) is 18.9 Å². The number of nitriles is 1. The van der Waals surface area contributed by atoms with Gasteiger partial charge in [0.2, 0.25) is 5.91 Å². The molecule has 0 unspecified atom stereocenters. The second kappa shape index (κ2) is 8.90. The molecule has 28 heavy (non-hydrogen) atoms. The SMILES string of the molecule is CCCOc1ccc(NC(=O)C2(c3ccc(C)cc3)CCOCC2)cc1C#N. The molecule has 2 aromatic rings. The molecule has 5 nitrogen and oxygen atoms in total. The molecule has 1 fully saturated rings. The van der Waals surface area contributed by atoms with Crippen LogP contribution in [0.15, 0.2) is 42.5 Å². The molecule has 1 saturated heterocycles. The van der Waals surface area contributed by atoms with Crippen LogP contribution in [0.25, 0.3) is 0 Å². The molecule has 1 heterocycles. The van der Waals surface area contributed by atoms with Crippen molar-refractivity contribution in [1.29, 1.82) is 5.26 Å². The minimum absolute atomic E-state index is 0.0641. The molecule has 0 aromatic heterocycles.